The second-order valence-electron chi connectivity index (χ2n) is 4.31. The summed E-state index contributed by atoms with van der Waals surface area (Å²) in [5, 5.41) is 26.0. The molecule has 0 aliphatic heterocycles. The highest BCUT2D eigenvalue weighted by Gasteiger charge is 2.15. The number of hydrogen-bond acceptors (Lipinski definition) is 6. The van der Waals surface area contributed by atoms with E-state index in [1.807, 2.05) is 6.92 Å². The number of aromatic nitrogens is 1. The maximum Gasteiger partial charge on any atom is 0.311 e. The summed E-state index contributed by atoms with van der Waals surface area (Å²) < 4.78 is 0. The maximum absolute atomic E-state index is 10.9. The van der Waals surface area contributed by atoms with Crippen LogP contribution in [0.4, 0.5) is 17.3 Å². The Balaban J connectivity index is 2.79. The predicted molar refractivity (Wildman–Crippen MR) is 74.5 cm³/mol. The molecule has 0 aliphatic rings. The van der Waals surface area contributed by atoms with E-state index in [1.54, 1.807) is 13.0 Å². The van der Waals surface area contributed by atoms with Gasteiger partial charge in [0.15, 0.2) is 0 Å². The van der Waals surface area contributed by atoms with Gasteiger partial charge in [-0.2, -0.15) is 0 Å². The molecule has 1 rings (SSSR count). The van der Waals surface area contributed by atoms with E-state index in [9.17, 15) is 15.2 Å². The van der Waals surface area contributed by atoms with Gasteiger partial charge in [-0.25, -0.2) is 4.98 Å². The van der Waals surface area contributed by atoms with Crippen LogP contribution in [0.2, 0.25) is 0 Å². The molecule has 0 bridgehead atoms. The molecule has 1 unspecified atom stereocenters. The Morgan fingerprint density at radius 2 is 2.16 bits per heavy atom. The van der Waals surface area contributed by atoms with Crippen LogP contribution in [0, 0.1) is 10.1 Å². The second-order valence-corrected chi connectivity index (χ2v) is 4.31. The maximum atomic E-state index is 10.9. The summed E-state index contributed by atoms with van der Waals surface area (Å²) in [4.78, 5) is 14.6. The molecule has 7 nitrogen and oxygen atoms in total. The third-order valence-electron chi connectivity index (χ3n) is 2.48. The first kappa shape index (κ1) is 15.2. The Hall–Kier alpha value is -1.89. The molecule has 0 aliphatic carbocycles. The Morgan fingerprint density at radius 3 is 2.74 bits per heavy atom. The fourth-order valence-corrected chi connectivity index (χ4v) is 1.48. The van der Waals surface area contributed by atoms with Crippen molar-refractivity contribution in [2.45, 2.75) is 32.8 Å². The van der Waals surface area contributed by atoms with E-state index in [0.717, 1.165) is 13.0 Å². The topological polar surface area (TPSA) is 100 Å². The minimum absolute atomic E-state index is 0.0624. The number of anilines is 2. The molecule has 0 spiro atoms. The predicted octanol–water partition coefficient (Wildman–Crippen LogP) is 1.99. The van der Waals surface area contributed by atoms with E-state index in [0.29, 0.717) is 18.8 Å². The van der Waals surface area contributed by atoms with Crippen molar-refractivity contribution in [3.63, 3.8) is 0 Å². The summed E-state index contributed by atoms with van der Waals surface area (Å²) in [5.41, 5.74) is -0.0624. The van der Waals surface area contributed by atoms with Crippen LogP contribution < -0.4 is 10.6 Å². The van der Waals surface area contributed by atoms with Crippen molar-refractivity contribution in [1.29, 1.82) is 0 Å². The molecule has 1 atom stereocenters. The molecule has 0 saturated carbocycles. The third-order valence-corrected chi connectivity index (χ3v) is 2.48. The van der Waals surface area contributed by atoms with Crippen molar-refractivity contribution >= 4 is 17.3 Å². The van der Waals surface area contributed by atoms with Gasteiger partial charge in [0.2, 0.25) is 5.82 Å². The van der Waals surface area contributed by atoms with Crippen LogP contribution in [0.15, 0.2) is 12.1 Å². The van der Waals surface area contributed by atoms with E-state index in [1.165, 1.54) is 6.07 Å². The number of aliphatic hydroxyl groups excluding tert-OH is 1. The molecule has 0 aromatic carbocycles. The highest BCUT2D eigenvalue weighted by Crippen LogP contribution is 2.23. The van der Waals surface area contributed by atoms with Crippen molar-refractivity contribution in [3.05, 3.63) is 22.2 Å². The van der Waals surface area contributed by atoms with Crippen LogP contribution in [0.3, 0.4) is 0 Å². The summed E-state index contributed by atoms with van der Waals surface area (Å²) in [5.74, 6) is 0.832. The van der Waals surface area contributed by atoms with Gasteiger partial charge in [-0.3, -0.25) is 10.1 Å². The van der Waals surface area contributed by atoms with Gasteiger partial charge < -0.3 is 15.7 Å². The van der Waals surface area contributed by atoms with Gasteiger partial charge in [-0.15, -0.1) is 0 Å². The molecular weight excluding hydrogens is 248 g/mol. The van der Waals surface area contributed by atoms with Gasteiger partial charge in [0.25, 0.3) is 0 Å². The van der Waals surface area contributed by atoms with Gasteiger partial charge in [-0.05, 0) is 25.8 Å². The number of nitrogens with zero attached hydrogens (tertiary/aromatic N) is 2. The number of rotatable bonds is 8. The molecular formula is C12H20N4O3. The van der Waals surface area contributed by atoms with Crippen molar-refractivity contribution in [1.82, 2.24) is 4.98 Å². The van der Waals surface area contributed by atoms with Crippen LogP contribution >= 0.6 is 0 Å². The largest absolute Gasteiger partial charge is 0.393 e. The fraction of sp³-hybridized carbons (Fsp3) is 0.583. The van der Waals surface area contributed by atoms with E-state index >= 15 is 0 Å². The number of nitro groups is 1. The normalized spacial score (nSPS) is 11.9. The number of nitrogens with one attached hydrogen (secondary N) is 2. The monoisotopic (exact) mass is 268 g/mol. The van der Waals surface area contributed by atoms with Crippen molar-refractivity contribution in [2.24, 2.45) is 0 Å². The van der Waals surface area contributed by atoms with E-state index < -0.39 is 11.0 Å². The number of hydrogen-bond donors (Lipinski definition) is 3. The summed E-state index contributed by atoms with van der Waals surface area (Å²) in [7, 11) is 0. The lowest BCUT2D eigenvalue weighted by Gasteiger charge is -2.10. The Labute approximate surface area is 112 Å². The Bertz CT molecular complexity index is 423. The lowest BCUT2D eigenvalue weighted by atomic mass is 10.3. The molecule has 1 aromatic rings. The van der Waals surface area contributed by atoms with E-state index in [-0.39, 0.29) is 11.5 Å². The lowest BCUT2D eigenvalue weighted by Crippen LogP contribution is -2.12. The average Bonchev–Trinajstić information content (AvgIpc) is 2.35. The van der Waals surface area contributed by atoms with Gasteiger partial charge in [0, 0.05) is 19.2 Å². The minimum Gasteiger partial charge on any atom is -0.393 e. The van der Waals surface area contributed by atoms with Crippen LogP contribution in [-0.4, -0.2) is 34.2 Å². The first-order valence-corrected chi connectivity index (χ1v) is 6.35. The molecule has 1 aromatic heterocycles. The van der Waals surface area contributed by atoms with Crippen LogP contribution in [0.25, 0.3) is 0 Å². The molecule has 106 valence electrons. The van der Waals surface area contributed by atoms with E-state index in [2.05, 4.69) is 15.6 Å². The zero-order valence-corrected chi connectivity index (χ0v) is 11.2. The highest BCUT2D eigenvalue weighted by atomic mass is 16.6. The van der Waals surface area contributed by atoms with Crippen LogP contribution in [0.1, 0.15) is 26.7 Å². The molecule has 7 heteroatoms. The Morgan fingerprint density at radius 1 is 1.42 bits per heavy atom. The molecule has 0 saturated heterocycles. The van der Waals surface area contributed by atoms with Crippen molar-refractivity contribution < 1.29 is 10.0 Å². The fourth-order valence-electron chi connectivity index (χ4n) is 1.48. The van der Waals surface area contributed by atoms with Gasteiger partial charge >= 0.3 is 5.69 Å². The first-order valence-electron chi connectivity index (χ1n) is 6.35. The zero-order chi connectivity index (χ0) is 14.3. The van der Waals surface area contributed by atoms with Crippen molar-refractivity contribution in [3.8, 4) is 0 Å². The molecule has 0 radical (unpaired) electrons. The molecule has 19 heavy (non-hydrogen) atoms. The van der Waals surface area contributed by atoms with Gasteiger partial charge in [0.05, 0.1) is 11.0 Å². The van der Waals surface area contributed by atoms with Crippen molar-refractivity contribution in [2.75, 3.05) is 23.7 Å². The molecule has 0 amide bonds. The third kappa shape index (κ3) is 5.09. The van der Waals surface area contributed by atoms with Crippen LogP contribution in [0.5, 0.6) is 0 Å². The number of aliphatic hydroxyl groups is 1. The summed E-state index contributed by atoms with van der Waals surface area (Å²) in [6, 6.07) is 3.02. The summed E-state index contributed by atoms with van der Waals surface area (Å²) >= 11 is 0. The molecule has 0 fully saturated rings. The highest BCUT2D eigenvalue weighted by molar-refractivity contribution is 5.60. The molecule has 3 N–H and O–H groups in total. The summed E-state index contributed by atoms with van der Waals surface area (Å²) in [6.07, 6.45) is 1.00. The first-order chi connectivity index (χ1) is 9.04. The average molecular weight is 268 g/mol. The second kappa shape index (κ2) is 7.52. The smallest absolute Gasteiger partial charge is 0.311 e. The zero-order valence-electron chi connectivity index (χ0n) is 11.2. The number of pyridine rings is 1. The quantitative estimate of drug-likeness (QED) is 0.492. The van der Waals surface area contributed by atoms with Gasteiger partial charge in [-0.1, -0.05) is 6.92 Å². The lowest BCUT2D eigenvalue weighted by molar-refractivity contribution is -0.384. The van der Waals surface area contributed by atoms with Crippen LogP contribution in [-0.2, 0) is 0 Å². The summed E-state index contributed by atoms with van der Waals surface area (Å²) in [6.45, 7) is 4.89. The standard InChI is InChI=1S/C12H20N4O3/c1-3-7-13-11-5-4-10(16(18)19)12(15-11)14-8-6-9(2)17/h4-5,9,17H,3,6-8H2,1-2H3,(H2,13,14,15). The molecule has 1 heterocycles. The Kier molecular flexibility index (Phi) is 6.01. The van der Waals surface area contributed by atoms with Gasteiger partial charge in [0.1, 0.15) is 5.82 Å². The van der Waals surface area contributed by atoms with E-state index in [4.69, 9.17) is 0 Å². The SMILES string of the molecule is CCCNc1ccc([N+](=O)[O-])c(NCCC(C)O)n1. The minimum atomic E-state index is -0.471.